The second-order valence-corrected chi connectivity index (χ2v) is 9.12. The summed E-state index contributed by atoms with van der Waals surface area (Å²) < 4.78 is 0. The number of hydrogen-bond donors (Lipinski definition) is 1. The highest BCUT2D eigenvalue weighted by Gasteiger charge is 2.33. The molecular formula is C20H25N3OS2. The predicted molar refractivity (Wildman–Crippen MR) is 110 cm³/mol. The van der Waals surface area contributed by atoms with E-state index in [0.29, 0.717) is 16.9 Å². The molecule has 26 heavy (non-hydrogen) atoms. The van der Waals surface area contributed by atoms with Gasteiger partial charge in [0.1, 0.15) is 15.9 Å². The fourth-order valence-corrected chi connectivity index (χ4v) is 5.68. The van der Waals surface area contributed by atoms with Crippen molar-refractivity contribution in [1.82, 2.24) is 9.97 Å². The molecule has 2 aromatic rings. The second-order valence-electron chi connectivity index (χ2n) is 6.79. The molecule has 0 aliphatic carbocycles. The molecule has 0 saturated carbocycles. The maximum atomic E-state index is 12.5. The third-order valence-corrected chi connectivity index (χ3v) is 6.90. The molecule has 1 aromatic carbocycles. The van der Waals surface area contributed by atoms with Gasteiger partial charge in [-0.2, -0.15) is 0 Å². The average molecular weight is 388 g/mol. The van der Waals surface area contributed by atoms with E-state index in [1.54, 1.807) is 0 Å². The Morgan fingerprint density at radius 3 is 2.77 bits per heavy atom. The first-order valence-corrected chi connectivity index (χ1v) is 10.8. The van der Waals surface area contributed by atoms with E-state index in [0.717, 1.165) is 39.1 Å². The van der Waals surface area contributed by atoms with E-state index in [1.807, 2.05) is 44.7 Å². The zero-order valence-electron chi connectivity index (χ0n) is 15.9. The Labute approximate surface area is 164 Å². The van der Waals surface area contributed by atoms with E-state index in [1.165, 1.54) is 17.3 Å². The fourth-order valence-electron chi connectivity index (χ4n) is 3.27. The van der Waals surface area contributed by atoms with E-state index in [4.69, 9.17) is 0 Å². The number of nitrogens with zero attached hydrogens (tertiary/aromatic N) is 2. The van der Waals surface area contributed by atoms with Crippen molar-refractivity contribution in [3.05, 3.63) is 40.7 Å². The molecule has 3 rings (SSSR count). The summed E-state index contributed by atoms with van der Waals surface area (Å²) in [5.74, 6) is 1.59. The van der Waals surface area contributed by atoms with Gasteiger partial charge in [0.2, 0.25) is 5.91 Å². The van der Waals surface area contributed by atoms with Crippen LogP contribution in [0.4, 0.5) is 5.69 Å². The highest BCUT2D eigenvalue weighted by Crippen LogP contribution is 2.48. The number of rotatable bonds is 5. The number of carbonyl (C=O) groups is 1. The Bertz CT molecular complexity index is 838. The lowest BCUT2D eigenvalue weighted by molar-refractivity contribution is -0.113. The fraction of sp³-hybridized carbons (Fsp3) is 0.450. The van der Waals surface area contributed by atoms with Crippen LogP contribution in [0.5, 0.6) is 0 Å². The van der Waals surface area contributed by atoms with Gasteiger partial charge in [-0.15, -0.1) is 11.8 Å². The zero-order valence-corrected chi connectivity index (χ0v) is 17.6. The first-order valence-electron chi connectivity index (χ1n) is 8.94. The van der Waals surface area contributed by atoms with Gasteiger partial charge in [-0.05, 0) is 44.4 Å². The van der Waals surface area contributed by atoms with Crippen LogP contribution in [0.25, 0.3) is 0 Å². The first-order chi connectivity index (χ1) is 12.4. The lowest BCUT2D eigenvalue weighted by atomic mass is 9.96. The Morgan fingerprint density at radius 1 is 1.27 bits per heavy atom. The summed E-state index contributed by atoms with van der Waals surface area (Å²) in [6, 6.07) is 6.09. The van der Waals surface area contributed by atoms with Crippen LogP contribution < -0.4 is 5.32 Å². The van der Waals surface area contributed by atoms with Crippen molar-refractivity contribution in [1.29, 1.82) is 0 Å². The molecule has 6 heteroatoms. The molecule has 0 radical (unpaired) electrons. The maximum absolute atomic E-state index is 12.5. The minimum atomic E-state index is 0.000428. The molecule has 1 amide bonds. The molecule has 1 aromatic heterocycles. The molecule has 1 N–H and O–H groups in total. The molecule has 1 aliphatic heterocycles. The molecule has 2 heterocycles. The third-order valence-electron chi connectivity index (χ3n) is 4.67. The van der Waals surface area contributed by atoms with Gasteiger partial charge in [-0.1, -0.05) is 37.7 Å². The van der Waals surface area contributed by atoms with Crippen molar-refractivity contribution in [2.24, 2.45) is 0 Å². The first kappa shape index (κ1) is 19.2. The minimum absolute atomic E-state index is 0.000428. The molecule has 2 atom stereocenters. The Kier molecular flexibility index (Phi) is 5.92. The Morgan fingerprint density at radius 2 is 2.04 bits per heavy atom. The lowest BCUT2D eigenvalue weighted by Gasteiger charge is -2.15. The second kappa shape index (κ2) is 8.01. The molecular weight excluding hydrogens is 362 g/mol. The summed E-state index contributed by atoms with van der Waals surface area (Å²) >= 11 is 3.35. The van der Waals surface area contributed by atoms with E-state index >= 15 is 0 Å². The van der Waals surface area contributed by atoms with Gasteiger partial charge in [0, 0.05) is 22.4 Å². The number of hydrogen-bond acceptors (Lipinski definition) is 5. The van der Waals surface area contributed by atoms with E-state index < -0.39 is 0 Å². The number of amides is 1. The molecule has 0 unspecified atom stereocenters. The van der Waals surface area contributed by atoms with Gasteiger partial charge in [-0.25, -0.2) is 9.97 Å². The van der Waals surface area contributed by atoms with Crippen molar-refractivity contribution >= 4 is 35.1 Å². The van der Waals surface area contributed by atoms with Crippen LogP contribution in [0.2, 0.25) is 0 Å². The van der Waals surface area contributed by atoms with Gasteiger partial charge in [0.25, 0.3) is 0 Å². The van der Waals surface area contributed by atoms with Gasteiger partial charge in [0.15, 0.2) is 0 Å². The summed E-state index contributed by atoms with van der Waals surface area (Å²) in [6.07, 6.45) is 1.07. The summed E-state index contributed by atoms with van der Waals surface area (Å²) in [5.41, 5.74) is 4.33. The van der Waals surface area contributed by atoms with Crippen LogP contribution in [0.15, 0.2) is 28.3 Å². The molecule has 138 valence electrons. The number of thioether (sulfide) groups is 2. The maximum Gasteiger partial charge on any atom is 0.234 e. The standard InChI is InChI=1S/C20H25N3OS2/c1-6-15-13(4)26-20-18(15)19(21-14(5)22-20)25-10-17(24)23-16-9-11(2)7-8-12(16)3/h7-9,13,15H,6,10H2,1-5H3,(H,23,24)/t13-,15-/m1/s1. The summed E-state index contributed by atoms with van der Waals surface area (Å²) in [4.78, 5) is 21.7. The summed E-state index contributed by atoms with van der Waals surface area (Å²) in [5, 5.41) is 5.59. The van der Waals surface area contributed by atoms with Crippen LogP contribution >= 0.6 is 23.5 Å². The number of carbonyl (C=O) groups excluding carboxylic acids is 1. The van der Waals surface area contributed by atoms with Gasteiger partial charge in [0.05, 0.1) is 5.75 Å². The number of nitrogens with one attached hydrogen (secondary N) is 1. The molecule has 0 saturated heterocycles. The Hall–Kier alpha value is -1.53. The summed E-state index contributed by atoms with van der Waals surface area (Å²) in [6.45, 7) is 10.4. The molecule has 0 bridgehead atoms. The van der Waals surface area contributed by atoms with Crippen LogP contribution in [-0.2, 0) is 4.79 Å². The lowest BCUT2D eigenvalue weighted by Crippen LogP contribution is -2.16. The number of benzene rings is 1. The van der Waals surface area contributed by atoms with Crippen LogP contribution in [0, 0.1) is 20.8 Å². The molecule has 0 fully saturated rings. The largest absolute Gasteiger partial charge is 0.325 e. The number of aryl methyl sites for hydroxylation is 3. The van der Waals surface area contributed by atoms with E-state index in [2.05, 4.69) is 35.2 Å². The molecule has 1 aliphatic rings. The number of fused-ring (bicyclic) bond motifs is 1. The van der Waals surface area contributed by atoms with Gasteiger partial charge >= 0.3 is 0 Å². The molecule has 4 nitrogen and oxygen atoms in total. The quantitative estimate of drug-likeness (QED) is 0.570. The van der Waals surface area contributed by atoms with Gasteiger partial charge in [-0.3, -0.25) is 4.79 Å². The van der Waals surface area contributed by atoms with Crippen LogP contribution in [-0.4, -0.2) is 26.9 Å². The van der Waals surface area contributed by atoms with Crippen LogP contribution in [0.3, 0.4) is 0 Å². The third kappa shape index (κ3) is 4.07. The van der Waals surface area contributed by atoms with Crippen molar-refractivity contribution < 1.29 is 4.79 Å². The minimum Gasteiger partial charge on any atom is -0.325 e. The highest BCUT2D eigenvalue weighted by atomic mass is 32.2. The summed E-state index contributed by atoms with van der Waals surface area (Å²) in [7, 11) is 0. The molecule has 0 spiro atoms. The van der Waals surface area contributed by atoms with Crippen molar-refractivity contribution in [3.8, 4) is 0 Å². The van der Waals surface area contributed by atoms with Gasteiger partial charge < -0.3 is 5.32 Å². The monoisotopic (exact) mass is 387 g/mol. The SMILES string of the molecule is CC[C@H]1c2c(SCC(=O)Nc3cc(C)ccc3C)nc(C)nc2S[C@@H]1C. The van der Waals surface area contributed by atoms with Crippen molar-refractivity contribution in [3.63, 3.8) is 0 Å². The highest BCUT2D eigenvalue weighted by molar-refractivity contribution is 8.01. The number of anilines is 1. The van der Waals surface area contributed by atoms with Crippen molar-refractivity contribution in [2.45, 2.75) is 62.3 Å². The predicted octanol–water partition coefficient (Wildman–Crippen LogP) is 5.12. The average Bonchev–Trinajstić information content (AvgIpc) is 2.90. The smallest absolute Gasteiger partial charge is 0.234 e. The van der Waals surface area contributed by atoms with Crippen LogP contribution in [0.1, 0.15) is 48.7 Å². The zero-order chi connectivity index (χ0) is 18.8. The Balaban J connectivity index is 1.74. The van der Waals surface area contributed by atoms with Crippen molar-refractivity contribution in [2.75, 3.05) is 11.1 Å². The number of aromatic nitrogens is 2. The topological polar surface area (TPSA) is 54.9 Å². The van der Waals surface area contributed by atoms with E-state index in [9.17, 15) is 4.79 Å². The van der Waals surface area contributed by atoms with E-state index in [-0.39, 0.29) is 5.91 Å². The normalized spacial score (nSPS) is 18.7.